The summed E-state index contributed by atoms with van der Waals surface area (Å²) in [5, 5.41) is 0. The van der Waals surface area contributed by atoms with Crippen LogP contribution in [-0.2, 0) is 16.0 Å². The average molecular weight is 372 g/mol. The van der Waals surface area contributed by atoms with E-state index < -0.39 is 5.91 Å². The van der Waals surface area contributed by atoms with Gasteiger partial charge in [0.2, 0.25) is 11.8 Å². The molecule has 2 N–H and O–H groups in total. The zero-order chi connectivity index (χ0) is 14.2. The van der Waals surface area contributed by atoms with Crippen molar-refractivity contribution in [3.8, 4) is 0 Å². The van der Waals surface area contributed by atoms with E-state index in [9.17, 15) is 9.59 Å². The predicted molar refractivity (Wildman–Crippen MR) is 82.9 cm³/mol. The van der Waals surface area contributed by atoms with Gasteiger partial charge in [-0.25, -0.2) is 0 Å². The average Bonchev–Trinajstić information content (AvgIpc) is 2.75. The summed E-state index contributed by atoms with van der Waals surface area (Å²) >= 11 is 2.33. The van der Waals surface area contributed by atoms with Gasteiger partial charge >= 0.3 is 0 Å². The molecule has 0 spiro atoms. The second kappa shape index (κ2) is 5.48. The molecule has 1 unspecified atom stereocenters. The lowest BCUT2D eigenvalue weighted by Crippen LogP contribution is -2.28. The van der Waals surface area contributed by atoms with Crippen LogP contribution in [0.4, 0.5) is 5.69 Å². The molecule has 4 nitrogen and oxygen atoms in total. The number of aryl methyl sites for hydroxylation is 2. The van der Waals surface area contributed by atoms with Crippen LogP contribution in [0.5, 0.6) is 0 Å². The van der Waals surface area contributed by atoms with Gasteiger partial charge in [-0.05, 0) is 59.2 Å². The molecule has 19 heavy (non-hydrogen) atoms. The smallest absolute Gasteiger partial charge is 0.227 e. The summed E-state index contributed by atoms with van der Waals surface area (Å²) in [6.07, 6.45) is 1.15. The molecule has 0 saturated carbocycles. The van der Waals surface area contributed by atoms with Crippen molar-refractivity contribution < 1.29 is 9.59 Å². The number of nitrogens with two attached hydrogens (primary N) is 1. The Labute approximate surface area is 126 Å². The zero-order valence-electron chi connectivity index (χ0n) is 11.1. The third-order valence-electron chi connectivity index (χ3n) is 3.53. The number of primary amides is 1. The summed E-state index contributed by atoms with van der Waals surface area (Å²) in [4.78, 5) is 24.9. The highest BCUT2D eigenvalue weighted by Crippen LogP contribution is 2.29. The van der Waals surface area contributed by atoms with Crippen molar-refractivity contribution >= 4 is 40.1 Å². The van der Waals surface area contributed by atoms with E-state index in [2.05, 4.69) is 29.5 Å². The topological polar surface area (TPSA) is 63.4 Å². The van der Waals surface area contributed by atoms with Crippen molar-refractivity contribution in [2.75, 3.05) is 11.4 Å². The third kappa shape index (κ3) is 2.75. The van der Waals surface area contributed by atoms with Gasteiger partial charge in [-0.1, -0.05) is 6.92 Å². The van der Waals surface area contributed by atoms with Gasteiger partial charge in [0.25, 0.3) is 0 Å². The van der Waals surface area contributed by atoms with E-state index in [1.165, 1.54) is 9.13 Å². The van der Waals surface area contributed by atoms with Crippen molar-refractivity contribution in [3.05, 3.63) is 26.8 Å². The Balaban J connectivity index is 2.35. The van der Waals surface area contributed by atoms with Crippen molar-refractivity contribution in [1.82, 2.24) is 0 Å². The molecule has 5 heteroatoms. The molecule has 0 bridgehead atoms. The number of anilines is 1. The molecule has 0 aromatic heterocycles. The van der Waals surface area contributed by atoms with E-state index in [-0.39, 0.29) is 18.2 Å². The van der Waals surface area contributed by atoms with Gasteiger partial charge in [-0.2, -0.15) is 0 Å². The van der Waals surface area contributed by atoms with E-state index in [4.69, 9.17) is 5.73 Å². The minimum absolute atomic E-state index is 0.0218. The maximum Gasteiger partial charge on any atom is 0.227 e. The normalized spacial score (nSPS) is 19.0. The Bertz CT molecular complexity index is 542. The van der Waals surface area contributed by atoms with Crippen LogP contribution in [0.25, 0.3) is 0 Å². The fraction of sp³-hybridized carbons (Fsp3) is 0.429. The number of benzene rings is 1. The molecule has 1 saturated heterocycles. The highest BCUT2D eigenvalue weighted by molar-refractivity contribution is 14.1. The van der Waals surface area contributed by atoms with E-state index in [1.807, 2.05) is 19.1 Å². The summed E-state index contributed by atoms with van der Waals surface area (Å²) in [6, 6.07) is 4.04. The van der Waals surface area contributed by atoms with Gasteiger partial charge in [0.05, 0.1) is 5.92 Å². The minimum atomic E-state index is -0.395. The van der Waals surface area contributed by atoms with Crippen LogP contribution in [-0.4, -0.2) is 18.4 Å². The molecule has 1 atom stereocenters. The lowest BCUT2D eigenvalue weighted by molar-refractivity contribution is -0.123. The van der Waals surface area contributed by atoms with E-state index in [0.717, 1.165) is 17.7 Å². The number of halogens is 1. The summed E-state index contributed by atoms with van der Waals surface area (Å²) in [6.45, 7) is 4.53. The number of nitrogens with zero attached hydrogens (tertiary/aromatic N) is 1. The number of hydrogen-bond donors (Lipinski definition) is 1. The Kier molecular flexibility index (Phi) is 4.13. The molecule has 2 rings (SSSR count). The van der Waals surface area contributed by atoms with Crippen molar-refractivity contribution in [2.24, 2.45) is 11.7 Å². The maximum atomic E-state index is 12.0. The van der Waals surface area contributed by atoms with E-state index in [0.29, 0.717) is 6.54 Å². The molecule has 1 fully saturated rings. The van der Waals surface area contributed by atoms with Gasteiger partial charge < -0.3 is 10.6 Å². The molecular formula is C14H17IN2O2. The summed E-state index contributed by atoms with van der Waals surface area (Å²) in [7, 11) is 0. The van der Waals surface area contributed by atoms with Crippen LogP contribution in [0.15, 0.2) is 12.1 Å². The van der Waals surface area contributed by atoms with Gasteiger partial charge in [-0.15, -0.1) is 0 Å². The number of carbonyl (C=O) groups is 2. The fourth-order valence-electron chi connectivity index (χ4n) is 2.38. The fourth-order valence-corrected chi connectivity index (χ4v) is 3.08. The van der Waals surface area contributed by atoms with Gasteiger partial charge in [0.15, 0.2) is 0 Å². The Morgan fingerprint density at radius 1 is 1.53 bits per heavy atom. The van der Waals surface area contributed by atoms with Crippen LogP contribution in [0.1, 0.15) is 24.5 Å². The molecule has 1 aromatic rings. The summed E-state index contributed by atoms with van der Waals surface area (Å²) in [5.41, 5.74) is 8.55. The standard InChI is InChI=1S/C14H17IN2O2/c1-3-9-5-11(4-8(2)13(9)15)17-7-10(14(16)19)6-12(17)18/h4-5,10H,3,6-7H2,1-2H3,(H2,16,19). The van der Waals surface area contributed by atoms with Crippen LogP contribution >= 0.6 is 22.6 Å². The lowest BCUT2D eigenvalue weighted by atomic mass is 10.1. The highest BCUT2D eigenvalue weighted by Gasteiger charge is 2.34. The van der Waals surface area contributed by atoms with Crippen molar-refractivity contribution in [3.63, 3.8) is 0 Å². The van der Waals surface area contributed by atoms with Gasteiger partial charge in [-0.3, -0.25) is 9.59 Å². The Hall–Kier alpha value is -1.11. The lowest BCUT2D eigenvalue weighted by Gasteiger charge is -2.19. The van der Waals surface area contributed by atoms with Gasteiger partial charge in [0, 0.05) is 22.2 Å². The van der Waals surface area contributed by atoms with E-state index in [1.54, 1.807) is 4.90 Å². The number of amides is 2. The molecule has 0 aliphatic carbocycles. The van der Waals surface area contributed by atoms with E-state index >= 15 is 0 Å². The monoisotopic (exact) mass is 372 g/mol. The first kappa shape index (κ1) is 14.3. The first-order chi connectivity index (χ1) is 8.93. The molecule has 1 aliphatic rings. The Morgan fingerprint density at radius 2 is 2.21 bits per heavy atom. The van der Waals surface area contributed by atoms with Crippen LogP contribution in [0, 0.1) is 16.4 Å². The highest BCUT2D eigenvalue weighted by atomic mass is 127. The summed E-state index contributed by atoms with van der Waals surface area (Å²) in [5.74, 6) is -0.780. The zero-order valence-corrected chi connectivity index (χ0v) is 13.2. The van der Waals surface area contributed by atoms with Crippen LogP contribution in [0.2, 0.25) is 0 Å². The molecule has 1 heterocycles. The maximum absolute atomic E-state index is 12.0. The number of rotatable bonds is 3. The van der Waals surface area contributed by atoms with Crippen LogP contribution < -0.4 is 10.6 Å². The molecule has 1 aromatic carbocycles. The number of carbonyl (C=O) groups excluding carboxylic acids is 2. The first-order valence-electron chi connectivity index (χ1n) is 6.32. The van der Waals surface area contributed by atoms with Crippen molar-refractivity contribution in [2.45, 2.75) is 26.7 Å². The molecular weight excluding hydrogens is 355 g/mol. The second-order valence-electron chi connectivity index (χ2n) is 4.90. The van der Waals surface area contributed by atoms with Crippen molar-refractivity contribution in [1.29, 1.82) is 0 Å². The third-order valence-corrected chi connectivity index (χ3v) is 5.08. The summed E-state index contributed by atoms with van der Waals surface area (Å²) < 4.78 is 1.24. The minimum Gasteiger partial charge on any atom is -0.369 e. The quantitative estimate of drug-likeness (QED) is 0.825. The molecule has 1 aliphatic heterocycles. The largest absolute Gasteiger partial charge is 0.369 e. The molecule has 2 amide bonds. The Morgan fingerprint density at radius 3 is 2.74 bits per heavy atom. The predicted octanol–water partition coefficient (Wildman–Crippen LogP) is 2.00. The number of hydrogen-bond acceptors (Lipinski definition) is 2. The first-order valence-corrected chi connectivity index (χ1v) is 7.40. The van der Waals surface area contributed by atoms with Gasteiger partial charge in [0.1, 0.15) is 0 Å². The molecule has 0 radical (unpaired) electrons. The molecule has 102 valence electrons. The second-order valence-corrected chi connectivity index (χ2v) is 5.98. The van der Waals surface area contributed by atoms with Crippen LogP contribution in [0.3, 0.4) is 0 Å². The SMILES string of the molecule is CCc1cc(N2CC(C(N)=O)CC2=O)cc(C)c1I.